The van der Waals surface area contributed by atoms with Crippen molar-refractivity contribution in [3.05, 3.63) is 47.0 Å². The molecule has 0 fully saturated rings. The van der Waals surface area contributed by atoms with Crippen molar-refractivity contribution >= 4 is 22.4 Å². The van der Waals surface area contributed by atoms with Crippen molar-refractivity contribution in [3.63, 3.8) is 0 Å². The third-order valence-electron chi connectivity index (χ3n) is 2.85. The van der Waals surface area contributed by atoms with Gasteiger partial charge in [-0.3, -0.25) is 4.79 Å². The molecule has 21 heavy (non-hydrogen) atoms. The van der Waals surface area contributed by atoms with Gasteiger partial charge in [-0.1, -0.05) is 30.3 Å². The second-order valence-corrected chi connectivity index (χ2v) is 5.50. The highest BCUT2D eigenvalue weighted by molar-refractivity contribution is 7.13. The third kappa shape index (κ3) is 5.93. The van der Waals surface area contributed by atoms with E-state index in [2.05, 4.69) is 10.3 Å². The van der Waals surface area contributed by atoms with E-state index in [1.54, 1.807) is 0 Å². The van der Waals surface area contributed by atoms with Gasteiger partial charge in [-0.2, -0.15) is 0 Å². The number of nitrogen functional groups attached to an aromatic ring is 1. The lowest BCUT2D eigenvalue weighted by Gasteiger charge is -2.06. The predicted molar refractivity (Wildman–Crippen MR) is 84.0 cm³/mol. The van der Waals surface area contributed by atoms with E-state index in [-0.39, 0.29) is 12.5 Å². The number of hydrogen-bond acceptors (Lipinski definition) is 5. The van der Waals surface area contributed by atoms with Crippen molar-refractivity contribution in [2.75, 3.05) is 18.9 Å². The summed E-state index contributed by atoms with van der Waals surface area (Å²) in [6.07, 6.45) is 1.66. The highest BCUT2D eigenvalue weighted by Crippen LogP contribution is 2.12. The fraction of sp³-hybridized carbons (Fsp3) is 0.333. The number of aromatic nitrogens is 1. The van der Waals surface area contributed by atoms with Crippen LogP contribution in [0.3, 0.4) is 0 Å². The summed E-state index contributed by atoms with van der Waals surface area (Å²) in [6.45, 7) is 1.15. The van der Waals surface area contributed by atoms with Crippen LogP contribution < -0.4 is 11.1 Å². The normalized spacial score (nSPS) is 10.5. The summed E-state index contributed by atoms with van der Waals surface area (Å²) in [5.41, 5.74) is 7.60. The molecule has 0 aliphatic rings. The first-order valence-electron chi connectivity index (χ1n) is 6.82. The van der Waals surface area contributed by atoms with Crippen LogP contribution in [0.2, 0.25) is 0 Å². The van der Waals surface area contributed by atoms with Crippen molar-refractivity contribution in [3.8, 4) is 0 Å². The van der Waals surface area contributed by atoms with Gasteiger partial charge in [0.15, 0.2) is 5.13 Å². The van der Waals surface area contributed by atoms with Gasteiger partial charge in [0.25, 0.3) is 0 Å². The Morgan fingerprint density at radius 1 is 1.33 bits per heavy atom. The summed E-state index contributed by atoms with van der Waals surface area (Å²) in [5.74, 6) is -0.0938. The zero-order chi connectivity index (χ0) is 14.9. The van der Waals surface area contributed by atoms with Crippen LogP contribution in [0.4, 0.5) is 5.13 Å². The number of nitrogens with one attached hydrogen (secondary N) is 1. The summed E-state index contributed by atoms with van der Waals surface area (Å²) in [4.78, 5) is 15.7. The molecule has 0 aliphatic carbocycles. The number of ether oxygens (including phenoxy) is 1. The lowest BCUT2D eigenvalue weighted by atomic mass is 10.2. The molecule has 0 bridgehead atoms. The number of nitrogens with zero attached hydrogens (tertiary/aromatic N) is 1. The molecule has 2 rings (SSSR count). The van der Waals surface area contributed by atoms with E-state index >= 15 is 0 Å². The minimum absolute atomic E-state index is 0.0819. The summed E-state index contributed by atoms with van der Waals surface area (Å²) < 4.78 is 5.36. The minimum atomic E-state index is -0.0938. The van der Waals surface area contributed by atoms with Crippen LogP contribution >= 0.6 is 11.3 Å². The number of aryl methyl sites for hydroxylation is 1. The molecule has 2 aromatic rings. The molecule has 0 saturated carbocycles. The van der Waals surface area contributed by atoms with Gasteiger partial charge in [-0.05, 0) is 18.4 Å². The van der Waals surface area contributed by atoms with Gasteiger partial charge in [0.2, 0.25) is 5.91 Å². The van der Waals surface area contributed by atoms with E-state index in [0.29, 0.717) is 18.3 Å². The van der Waals surface area contributed by atoms with Crippen LogP contribution in [0.25, 0.3) is 0 Å². The molecule has 1 aromatic carbocycles. The molecular formula is C15H19N3O2S. The molecule has 0 aliphatic heterocycles. The molecule has 0 unspecified atom stereocenters. The van der Waals surface area contributed by atoms with Crippen molar-refractivity contribution in [2.24, 2.45) is 0 Å². The highest BCUT2D eigenvalue weighted by atomic mass is 32.1. The Morgan fingerprint density at radius 2 is 2.14 bits per heavy atom. The van der Waals surface area contributed by atoms with Gasteiger partial charge < -0.3 is 15.8 Å². The van der Waals surface area contributed by atoms with Crippen molar-refractivity contribution in [2.45, 2.75) is 19.4 Å². The topological polar surface area (TPSA) is 77.2 Å². The summed E-state index contributed by atoms with van der Waals surface area (Å²) in [7, 11) is 0. The first-order valence-corrected chi connectivity index (χ1v) is 7.70. The largest absolute Gasteiger partial charge is 0.375 e. The van der Waals surface area contributed by atoms with Crippen LogP contribution in [-0.2, 0) is 22.6 Å². The summed E-state index contributed by atoms with van der Waals surface area (Å²) >= 11 is 1.44. The fourth-order valence-corrected chi connectivity index (χ4v) is 2.42. The Hall–Kier alpha value is -1.92. The van der Waals surface area contributed by atoms with Gasteiger partial charge in [0.1, 0.15) is 6.61 Å². The Bertz CT molecular complexity index is 557. The summed E-state index contributed by atoms with van der Waals surface area (Å²) in [6, 6.07) is 9.79. The fourth-order valence-electron chi connectivity index (χ4n) is 1.82. The average Bonchev–Trinajstić information content (AvgIpc) is 2.90. The van der Waals surface area contributed by atoms with Crippen molar-refractivity contribution in [1.29, 1.82) is 0 Å². The molecular weight excluding hydrogens is 286 g/mol. The zero-order valence-electron chi connectivity index (χ0n) is 11.7. The van der Waals surface area contributed by atoms with E-state index in [9.17, 15) is 4.79 Å². The standard InChI is InChI=1S/C15H19N3O2S/c16-15-18-13(11-21-15)7-4-8-17-14(19)10-20-9-12-5-2-1-3-6-12/h1-3,5-6,11H,4,7-10H2,(H2,16,18)(H,17,19). The molecule has 0 saturated heterocycles. The number of nitrogens with two attached hydrogens (primary N) is 1. The molecule has 0 radical (unpaired) electrons. The summed E-state index contributed by atoms with van der Waals surface area (Å²) in [5, 5.41) is 5.36. The first kappa shape index (κ1) is 15.5. The molecule has 0 spiro atoms. The van der Waals surface area contributed by atoms with Gasteiger partial charge in [0.05, 0.1) is 12.3 Å². The first-order chi connectivity index (χ1) is 10.2. The number of benzene rings is 1. The SMILES string of the molecule is Nc1nc(CCCNC(=O)COCc2ccccc2)cs1. The van der Waals surface area contributed by atoms with E-state index in [1.807, 2.05) is 35.7 Å². The Kier molecular flexibility index (Phi) is 6.18. The van der Waals surface area contributed by atoms with E-state index in [0.717, 1.165) is 24.1 Å². The van der Waals surface area contributed by atoms with Crippen LogP contribution in [0.15, 0.2) is 35.7 Å². The number of anilines is 1. The Balaban J connectivity index is 1.53. The molecule has 1 aromatic heterocycles. The van der Waals surface area contributed by atoms with Crippen LogP contribution in [0.1, 0.15) is 17.7 Å². The predicted octanol–water partition coefficient (Wildman–Crippen LogP) is 1.99. The number of thiazole rings is 1. The van der Waals surface area contributed by atoms with Gasteiger partial charge in [-0.15, -0.1) is 11.3 Å². The van der Waals surface area contributed by atoms with Crippen molar-refractivity contribution < 1.29 is 9.53 Å². The highest BCUT2D eigenvalue weighted by Gasteiger charge is 2.02. The molecule has 1 heterocycles. The molecule has 0 atom stereocenters. The maximum atomic E-state index is 11.6. The quantitative estimate of drug-likeness (QED) is 0.731. The number of rotatable bonds is 8. The second-order valence-electron chi connectivity index (χ2n) is 4.61. The van der Waals surface area contributed by atoms with Crippen LogP contribution in [0.5, 0.6) is 0 Å². The monoisotopic (exact) mass is 305 g/mol. The lowest BCUT2D eigenvalue weighted by molar-refractivity contribution is -0.126. The lowest BCUT2D eigenvalue weighted by Crippen LogP contribution is -2.28. The smallest absolute Gasteiger partial charge is 0.246 e. The van der Waals surface area contributed by atoms with Crippen LogP contribution in [0, 0.1) is 0 Å². The third-order valence-corrected chi connectivity index (χ3v) is 3.57. The zero-order valence-corrected chi connectivity index (χ0v) is 12.6. The van der Waals surface area contributed by atoms with Crippen molar-refractivity contribution in [1.82, 2.24) is 10.3 Å². The molecule has 3 N–H and O–H groups in total. The average molecular weight is 305 g/mol. The van der Waals surface area contributed by atoms with E-state index in [4.69, 9.17) is 10.5 Å². The number of carbonyl (C=O) groups excluding carboxylic acids is 1. The molecule has 1 amide bonds. The number of hydrogen-bond donors (Lipinski definition) is 2. The molecule has 6 heteroatoms. The van der Waals surface area contributed by atoms with E-state index in [1.165, 1.54) is 11.3 Å². The second kappa shape index (κ2) is 8.39. The Morgan fingerprint density at radius 3 is 2.86 bits per heavy atom. The molecule has 112 valence electrons. The van der Waals surface area contributed by atoms with Gasteiger partial charge in [0, 0.05) is 11.9 Å². The van der Waals surface area contributed by atoms with Gasteiger partial charge >= 0.3 is 0 Å². The maximum Gasteiger partial charge on any atom is 0.246 e. The number of amides is 1. The minimum Gasteiger partial charge on any atom is -0.375 e. The maximum absolute atomic E-state index is 11.6. The van der Waals surface area contributed by atoms with E-state index < -0.39 is 0 Å². The van der Waals surface area contributed by atoms with Gasteiger partial charge in [-0.25, -0.2) is 4.98 Å². The number of carbonyl (C=O) groups is 1. The van der Waals surface area contributed by atoms with Crippen LogP contribution in [-0.4, -0.2) is 24.0 Å². The molecule has 5 nitrogen and oxygen atoms in total. The Labute approximate surface area is 128 Å².